The normalized spacial score (nSPS) is 9.81. The van der Waals surface area contributed by atoms with Gasteiger partial charge in [-0.05, 0) is 31.2 Å². The van der Waals surface area contributed by atoms with Crippen molar-refractivity contribution in [3.8, 4) is 22.3 Å². The number of ether oxygens (including phenoxy) is 1. The fourth-order valence-corrected chi connectivity index (χ4v) is 2.38. The van der Waals surface area contributed by atoms with Crippen LogP contribution in [0.5, 0.6) is 5.75 Å². The first-order valence-electron chi connectivity index (χ1n) is 4.89. The van der Waals surface area contributed by atoms with Crippen molar-refractivity contribution >= 4 is 11.3 Å². The molecule has 16 heavy (non-hydrogen) atoms. The molecule has 1 aromatic carbocycles. The molecule has 1 heterocycles. The van der Waals surface area contributed by atoms with Crippen molar-refractivity contribution in [2.75, 3.05) is 7.11 Å². The zero-order chi connectivity index (χ0) is 11.5. The fraction of sp³-hybridized carbons (Fsp3) is 0.154. The van der Waals surface area contributed by atoms with Crippen LogP contribution in [-0.2, 0) is 0 Å². The third-order valence-electron chi connectivity index (χ3n) is 2.34. The lowest BCUT2D eigenvalue weighted by Crippen LogP contribution is -1.86. The van der Waals surface area contributed by atoms with Crippen LogP contribution >= 0.6 is 11.3 Å². The lowest BCUT2D eigenvalue weighted by molar-refractivity contribution is 0.416. The maximum Gasteiger partial charge on any atom is 0.127 e. The molecule has 0 aliphatic rings. The number of rotatable bonds is 2. The van der Waals surface area contributed by atoms with Crippen LogP contribution in [0.4, 0.5) is 0 Å². The minimum atomic E-state index is 0.721. The van der Waals surface area contributed by atoms with Crippen molar-refractivity contribution in [3.05, 3.63) is 40.8 Å². The highest BCUT2D eigenvalue weighted by molar-refractivity contribution is 7.16. The standard InChI is InChI=1S/C13H11NOS/c1-9-3-5-12(15-2)11(7-9)13-6-4-10(8-14)16-13/h3-7H,1-2H3. The largest absolute Gasteiger partial charge is 0.496 e. The molecule has 0 amide bonds. The van der Waals surface area contributed by atoms with Gasteiger partial charge in [-0.3, -0.25) is 0 Å². The second kappa shape index (κ2) is 4.38. The molecule has 2 rings (SSSR count). The summed E-state index contributed by atoms with van der Waals surface area (Å²) in [6, 6.07) is 12.0. The molecule has 0 bridgehead atoms. The zero-order valence-corrected chi connectivity index (χ0v) is 9.97. The van der Waals surface area contributed by atoms with Crippen molar-refractivity contribution < 1.29 is 4.74 Å². The summed E-state index contributed by atoms with van der Waals surface area (Å²) in [4.78, 5) is 1.79. The first kappa shape index (κ1) is 10.7. The maximum atomic E-state index is 8.81. The van der Waals surface area contributed by atoms with Gasteiger partial charge in [-0.15, -0.1) is 11.3 Å². The maximum absolute atomic E-state index is 8.81. The summed E-state index contributed by atoms with van der Waals surface area (Å²) in [5.74, 6) is 0.844. The summed E-state index contributed by atoms with van der Waals surface area (Å²) in [7, 11) is 1.66. The van der Waals surface area contributed by atoms with Crippen molar-refractivity contribution in [3.63, 3.8) is 0 Å². The molecule has 1 aromatic heterocycles. The lowest BCUT2D eigenvalue weighted by Gasteiger charge is -2.07. The van der Waals surface area contributed by atoms with Gasteiger partial charge in [0, 0.05) is 10.4 Å². The molecule has 80 valence electrons. The van der Waals surface area contributed by atoms with Gasteiger partial charge in [0.1, 0.15) is 16.7 Å². The van der Waals surface area contributed by atoms with E-state index in [4.69, 9.17) is 10.00 Å². The molecule has 0 radical (unpaired) electrons. The van der Waals surface area contributed by atoms with E-state index in [1.165, 1.54) is 16.9 Å². The average molecular weight is 229 g/mol. The van der Waals surface area contributed by atoms with Gasteiger partial charge < -0.3 is 4.74 Å². The molecule has 0 saturated heterocycles. The van der Waals surface area contributed by atoms with E-state index in [9.17, 15) is 0 Å². The van der Waals surface area contributed by atoms with Crippen LogP contribution in [0.15, 0.2) is 30.3 Å². The van der Waals surface area contributed by atoms with Crippen LogP contribution in [0.3, 0.4) is 0 Å². The second-order valence-corrected chi connectivity index (χ2v) is 4.56. The van der Waals surface area contributed by atoms with E-state index in [-0.39, 0.29) is 0 Å². The Labute approximate surface area is 98.7 Å². The van der Waals surface area contributed by atoms with Crippen LogP contribution in [-0.4, -0.2) is 7.11 Å². The van der Waals surface area contributed by atoms with Crippen LogP contribution in [0.2, 0.25) is 0 Å². The highest BCUT2D eigenvalue weighted by Crippen LogP contribution is 2.35. The van der Waals surface area contributed by atoms with Gasteiger partial charge in [-0.25, -0.2) is 0 Å². The van der Waals surface area contributed by atoms with Crippen molar-refractivity contribution in [2.45, 2.75) is 6.92 Å². The molecule has 0 N–H and O–H groups in total. The fourth-order valence-electron chi connectivity index (χ4n) is 1.56. The van der Waals surface area contributed by atoms with Crippen molar-refractivity contribution in [1.82, 2.24) is 0 Å². The van der Waals surface area contributed by atoms with Crippen LogP contribution in [0.1, 0.15) is 10.4 Å². The number of methoxy groups -OCH3 is 1. The average Bonchev–Trinajstić information content (AvgIpc) is 2.77. The Balaban J connectivity index is 2.54. The predicted molar refractivity (Wildman–Crippen MR) is 65.8 cm³/mol. The van der Waals surface area contributed by atoms with Crippen LogP contribution in [0.25, 0.3) is 10.4 Å². The van der Waals surface area contributed by atoms with E-state index >= 15 is 0 Å². The Morgan fingerprint density at radius 3 is 2.69 bits per heavy atom. The minimum Gasteiger partial charge on any atom is -0.496 e. The Morgan fingerprint density at radius 2 is 2.06 bits per heavy atom. The van der Waals surface area contributed by atoms with Crippen molar-refractivity contribution in [2.24, 2.45) is 0 Å². The molecule has 0 saturated carbocycles. The van der Waals surface area contributed by atoms with Crippen LogP contribution in [0, 0.1) is 18.3 Å². The molecule has 0 unspecified atom stereocenters. The number of hydrogen-bond acceptors (Lipinski definition) is 3. The Kier molecular flexibility index (Phi) is 2.93. The molecular weight excluding hydrogens is 218 g/mol. The first-order valence-corrected chi connectivity index (χ1v) is 5.71. The van der Waals surface area contributed by atoms with Gasteiger partial charge in [-0.2, -0.15) is 5.26 Å². The monoisotopic (exact) mass is 229 g/mol. The first-order chi connectivity index (χ1) is 7.74. The number of benzene rings is 1. The highest BCUT2D eigenvalue weighted by Gasteiger charge is 2.08. The summed E-state index contributed by atoms with van der Waals surface area (Å²) in [6.07, 6.45) is 0. The molecule has 0 aliphatic carbocycles. The molecule has 0 fully saturated rings. The third-order valence-corrected chi connectivity index (χ3v) is 3.36. The van der Waals surface area contributed by atoms with E-state index in [0.29, 0.717) is 0 Å². The summed E-state index contributed by atoms with van der Waals surface area (Å²) in [5.41, 5.74) is 2.23. The molecule has 2 aromatic rings. The van der Waals surface area contributed by atoms with Gasteiger partial charge in [0.25, 0.3) is 0 Å². The smallest absolute Gasteiger partial charge is 0.127 e. The van der Waals surface area contributed by atoms with Crippen molar-refractivity contribution in [1.29, 1.82) is 5.26 Å². The molecule has 2 nitrogen and oxygen atoms in total. The quantitative estimate of drug-likeness (QED) is 0.788. The van der Waals surface area contributed by atoms with E-state index in [0.717, 1.165) is 21.1 Å². The SMILES string of the molecule is COc1ccc(C)cc1-c1ccc(C#N)s1. The number of nitriles is 1. The van der Waals surface area contributed by atoms with E-state index < -0.39 is 0 Å². The van der Waals surface area contributed by atoms with Crippen LogP contribution < -0.4 is 4.74 Å². The summed E-state index contributed by atoms with van der Waals surface area (Å²) >= 11 is 1.48. The van der Waals surface area contributed by atoms with E-state index in [1.807, 2.05) is 31.2 Å². The topological polar surface area (TPSA) is 33.0 Å². The Hall–Kier alpha value is -1.79. The van der Waals surface area contributed by atoms with Gasteiger partial charge in [-0.1, -0.05) is 11.6 Å². The zero-order valence-electron chi connectivity index (χ0n) is 9.15. The molecule has 0 aliphatic heterocycles. The Morgan fingerprint density at radius 1 is 1.25 bits per heavy atom. The Bertz CT molecular complexity index is 551. The number of nitrogens with zero attached hydrogens (tertiary/aromatic N) is 1. The van der Waals surface area contributed by atoms with E-state index in [2.05, 4.69) is 12.1 Å². The summed E-state index contributed by atoms with van der Waals surface area (Å²) in [6.45, 7) is 2.04. The second-order valence-electron chi connectivity index (χ2n) is 3.48. The molecular formula is C13H11NOS. The minimum absolute atomic E-state index is 0.721. The highest BCUT2D eigenvalue weighted by atomic mass is 32.1. The summed E-state index contributed by atoms with van der Waals surface area (Å²) in [5, 5.41) is 8.81. The van der Waals surface area contributed by atoms with Gasteiger partial charge in [0.15, 0.2) is 0 Å². The number of hydrogen-bond donors (Lipinski definition) is 0. The molecule has 3 heteroatoms. The van der Waals surface area contributed by atoms with Gasteiger partial charge >= 0.3 is 0 Å². The predicted octanol–water partition coefficient (Wildman–Crippen LogP) is 3.60. The number of thiophene rings is 1. The van der Waals surface area contributed by atoms with E-state index in [1.54, 1.807) is 7.11 Å². The third kappa shape index (κ3) is 1.93. The lowest BCUT2D eigenvalue weighted by atomic mass is 10.1. The molecule has 0 spiro atoms. The number of aryl methyl sites for hydroxylation is 1. The molecule has 0 atom stereocenters. The summed E-state index contributed by atoms with van der Waals surface area (Å²) < 4.78 is 5.32. The van der Waals surface area contributed by atoms with Gasteiger partial charge in [0.05, 0.1) is 7.11 Å². The van der Waals surface area contributed by atoms with Gasteiger partial charge in [0.2, 0.25) is 0 Å².